The van der Waals surface area contributed by atoms with E-state index in [0.717, 1.165) is 46.8 Å². The minimum absolute atomic E-state index is 0.0640. The van der Waals surface area contributed by atoms with Gasteiger partial charge in [0.05, 0.1) is 41.7 Å². The number of benzene rings is 1. The van der Waals surface area contributed by atoms with Crippen LogP contribution >= 0.6 is 56.7 Å². The molecule has 0 bridgehead atoms. The van der Waals surface area contributed by atoms with Crippen LogP contribution in [0.4, 0.5) is 0 Å². The van der Waals surface area contributed by atoms with Crippen molar-refractivity contribution in [1.29, 1.82) is 0 Å². The highest BCUT2D eigenvalue weighted by Gasteiger charge is 2.50. The van der Waals surface area contributed by atoms with Crippen LogP contribution in [0.1, 0.15) is 367 Å². The third kappa shape index (κ3) is 24.0. The molecule has 2 aliphatic rings. The number of rotatable bonds is 56. The second-order valence-corrected chi connectivity index (χ2v) is 35.5. The summed E-state index contributed by atoms with van der Waals surface area (Å²) in [4.78, 5) is 45.5. The monoisotopic (exact) mass is 1380 g/mol. The third-order valence-corrected chi connectivity index (χ3v) is 27.2. The van der Waals surface area contributed by atoms with Crippen molar-refractivity contribution in [2.45, 2.75) is 363 Å². The molecule has 2 aliphatic heterocycles. The van der Waals surface area contributed by atoms with E-state index in [4.69, 9.17) is 0 Å². The highest BCUT2D eigenvalue weighted by molar-refractivity contribution is 7.32. The van der Waals surface area contributed by atoms with Crippen LogP contribution in [-0.4, -0.2) is 34.7 Å². The molecule has 7 heterocycles. The lowest BCUT2D eigenvalue weighted by atomic mass is 9.93. The Hall–Kier alpha value is -3.08. The van der Waals surface area contributed by atoms with Gasteiger partial charge in [-0.1, -0.05) is 311 Å². The number of thiophene rings is 5. The van der Waals surface area contributed by atoms with Crippen LogP contribution in [0.25, 0.3) is 51.4 Å². The molecular formula is C86H132N2O2S5. The molecule has 6 aromatic rings. The summed E-state index contributed by atoms with van der Waals surface area (Å²) in [6.45, 7) is 17.4. The molecule has 8 rings (SSSR count). The van der Waals surface area contributed by atoms with Gasteiger partial charge in [0.2, 0.25) is 0 Å². The normalized spacial score (nSPS) is 14.3. The molecule has 0 N–H and O–H groups in total. The highest BCUT2D eigenvalue weighted by Crippen LogP contribution is 2.53. The van der Waals surface area contributed by atoms with Gasteiger partial charge in [0, 0.05) is 58.3 Å². The number of carbonyl (C=O) groups is 2. The number of nitrogens with zero attached hydrogens (tertiary/aromatic N) is 2. The first-order valence-corrected chi connectivity index (χ1v) is 44.5. The van der Waals surface area contributed by atoms with Gasteiger partial charge < -0.3 is 9.80 Å². The van der Waals surface area contributed by atoms with Gasteiger partial charge in [-0.3, -0.25) is 9.59 Å². The number of aryl methyl sites for hydroxylation is 3. The summed E-state index contributed by atoms with van der Waals surface area (Å²) in [5, 5.41) is 4.26. The van der Waals surface area contributed by atoms with Crippen LogP contribution in [0.5, 0.6) is 0 Å². The lowest BCUT2D eigenvalue weighted by molar-refractivity contribution is -0.124. The Morgan fingerprint density at radius 1 is 0.305 bits per heavy atom. The second kappa shape index (κ2) is 44.2. The first kappa shape index (κ1) is 77.7. The van der Waals surface area contributed by atoms with Crippen LogP contribution < -0.4 is 0 Å². The van der Waals surface area contributed by atoms with Gasteiger partial charge in [0.25, 0.3) is 11.8 Å². The van der Waals surface area contributed by atoms with Crippen LogP contribution in [-0.2, 0) is 16.0 Å². The van der Waals surface area contributed by atoms with Gasteiger partial charge >= 0.3 is 0 Å². The third-order valence-electron chi connectivity index (χ3n) is 21.4. The van der Waals surface area contributed by atoms with Crippen LogP contribution in [0, 0.1) is 25.7 Å². The van der Waals surface area contributed by atoms with Crippen LogP contribution in [0.15, 0.2) is 53.6 Å². The zero-order valence-electron chi connectivity index (χ0n) is 61.5. The van der Waals surface area contributed by atoms with E-state index in [1.165, 1.54) is 344 Å². The average Bonchev–Trinajstić information content (AvgIpc) is 1.57. The molecule has 5 aromatic heterocycles. The molecule has 0 saturated carbocycles. The van der Waals surface area contributed by atoms with Crippen molar-refractivity contribution >= 4 is 110 Å². The fourth-order valence-corrected chi connectivity index (χ4v) is 21.4. The number of unbranched alkanes of at least 4 members (excludes halogenated alkanes) is 39. The van der Waals surface area contributed by atoms with Crippen LogP contribution in [0.3, 0.4) is 0 Å². The van der Waals surface area contributed by atoms with Crippen molar-refractivity contribution in [3.63, 3.8) is 0 Å². The molecule has 9 heteroatoms. The first-order chi connectivity index (χ1) is 46.7. The fourth-order valence-electron chi connectivity index (χ4n) is 15.7. The zero-order chi connectivity index (χ0) is 66.8. The Balaban J connectivity index is 1.07. The molecule has 0 saturated heterocycles. The van der Waals surface area contributed by atoms with E-state index in [0.29, 0.717) is 36.1 Å². The summed E-state index contributed by atoms with van der Waals surface area (Å²) in [7, 11) is 0. The van der Waals surface area contributed by atoms with Crippen molar-refractivity contribution in [3.8, 4) is 9.75 Å². The minimum Gasteiger partial charge on any atom is -0.306 e. The maximum Gasteiger partial charge on any atom is 0.261 e. The van der Waals surface area contributed by atoms with Gasteiger partial charge in [-0.25, -0.2) is 0 Å². The lowest BCUT2D eigenvalue weighted by Gasteiger charge is -2.29. The second-order valence-electron chi connectivity index (χ2n) is 29.7. The average molecular weight is 1390 g/mol. The lowest BCUT2D eigenvalue weighted by Crippen LogP contribution is -2.34. The summed E-state index contributed by atoms with van der Waals surface area (Å²) in [6, 6.07) is 16.6. The highest BCUT2D eigenvalue weighted by atomic mass is 32.1. The van der Waals surface area contributed by atoms with E-state index in [-0.39, 0.29) is 11.8 Å². The molecule has 2 atom stereocenters. The zero-order valence-corrected chi connectivity index (χ0v) is 65.6. The molecule has 0 radical (unpaired) electrons. The number of amides is 2. The Morgan fingerprint density at radius 3 is 1.05 bits per heavy atom. The van der Waals surface area contributed by atoms with Gasteiger partial charge in [-0.15, -0.1) is 56.7 Å². The topological polar surface area (TPSA) is 40.6 Å². The molecule has 0 fully saturated rings. The SMILES string of the molecule is CCCCCCCCCCCCCCCCCCc1cc2c3cc(C)sc3c3sc(-c4ccc(C5=C6C(=O)N(CC(CCCCCCCC)CCCCCCCCCC)C(c7ccc(C)s7)=C6C(=O)N5CC(CCCCCCCC)CCCCCCCCCC)s4)cc3c2s1. The van der Waals surface area contributed by atoms with E-state index in [2.05, 4.69) is 101 Å². The molecule has 2 amide bonds. The molecule has 0 aliphatic carbocycles. The Morgan fingerprint density at radius 2 is 0.653 bits per heavy atom. The summed E-state index contributed by atoms with van der Waals surface area (Å²) in [5.41, 5.74) is 3.17. The molecular weight excluding hydrogens is 1250 g/mol. The summed E-state index contributed by atoms with van der Waals surface area (Å²) in [6.07, 6.45) is 64.4. The number of carbonyl (C=O) groups excluding carboxylic acids is 2. The number of hydrogen-bond donors (Lipinski definition) is 0. The summed E-state index contributed by atoms with van der Waals surface area (Å²) < 4.78 is 4.28. The number of hydrogen-bond acceptors (Lipinski definition) is 7. The predicted molar refractivity (Wildman–Crippen MR) is 428 cm³/mol. The van der Waals surface area contributed by atoms with Crippen molar-refractivity contribution in [2.24, 2.45) is 11.8 Å². The summed E-state index contributed by atoms with van der Waals surface area (Å²) in [5.74, 6) is 0.908. The maximum atomic E-state index is 16.2. The molecule has 1 aromatic carbocycles. The van der Waals surface area contributed by atoms with Crippen molar-refractivity contribution in [2.75, 3.05) is 13.1 Å². The van der Waals surface area contributed by atoms with E-state index in [1.54, 1.807) is 11.3 Å². The Bertz CT molecular complexity index is 3210. The summed E-state index contributed by atoms with van der Waals surface area (Å²) >= 11 is 9.56. The Kier molecular flexibility index (Phi) is 36.2. The molecule has 528 valence electrons. The van der Waals surface area contributed by atoms with Gasteiger partial charge in [0.1, 0.15) is 0 Å². The first-order valence-electron chi connectivity index (χ1n) is 40.4. The van der Waals surface area contributed by atoms with E-state index >= 15 is 9.59 Å². The van der Waals surface area contributed by atoms with E-state index in [9.17, 15) is 0 Å². The number of fused-ring (bicyclic) bond motifs is 7. The van der Waals surface area contributed by atoms with Crippen LogP contribution in [0.2, 0.25) is 0 Å². The largest absolute Gasteiger partial charge is 0.306 e. The fraction of sp³-hybridized carbons (Fsp3) is 0.698. The van der Waals surface area contributed by atoms with Crippen molar-refractivity contribution < 1.29 is 9.59 Å². The minimum atomic E-state index is 0.0640. The van der Waals surface area contributed by atoms with E-state index in [1.807, 2.05) is 45.3 Å². The molecule has 95 heavy (non-hydrogen) atoms. The van der Waals surface area contributed by atoms with E-state index < -0.39 is 0 Å². The smallest absolute Gasteiger partial charge is 0.261 e. The Labute approximate surface area is 600 Å². The van der Waals surface area contributed by atoms with Gasteiger partial charge in [0.15, 0.2) is 0 Å². The standard InChI is InChI=1S/C86H132N2O2S5/c1-8-13-18-23-28-31-32-33-34-35-36-37-38-41-46-51-56-70-62-72-71-61-67(7)92-83(71)84-73(82(72)93-70)63-77(95-84)74-59-60-76(94-74)81-79-78(85(89)88(81)65-69(53-48-43-27-22-17-12-5)55-50-45-40-30-25-20-15-10-3)80(75-58-57-66(6)91-75)87(86(79)90)64-68(52-47-42-26-21-16-11-4)54-49-44-39-29-24-19-14-9-2/h57-63,68-69H,8-56,64-65H2,1-7H3. The molecule has 4 nitrogen and oxygen atoms in total. The molecule has 0 spiro atoms. The maximum absolute atomic E-state index is 16.2. The molecule has 2 unspecified atom stereocenters. The van der Waals surface area contributed by atoms with Crippen molar-refractivity contribution in [1.82, 2.24) is 9.80 Å². The van der Waals surface area contributed by atoms with Gasteiger partial charge in [-0.2, -0.15) is 0 Å². The van der Waals surface area contributed by atoms with Gasteiger partial charge in [-0.05, 0) is 107 Å². The quantitative estimate of drug-likeness (QED) is 0.0357. The van der Waals surface area contributed by atoms with Crippen molar-refractivity contribution in [3.05, 3.63) is 78.0 Å². The predicted octanol–water partition coefficient (Wildman–Crippen LogP) is 30.1.